The zero-order chi connectivity index (χ0) is 7.61. The predicted octanol–water partition coefficient (Wildman–Crippen LogP) is 3.14. The number of hydrogen-bond acceptors (Lipinski definition) is 0. The third-order valence-corrected chi connectivity index (χ3v) is 4.32. The van der Waals surface area contributed by atoms with E-state index in [9.17, 15) is 0 Å². The van der Waals surface area contributed by atoms with Gasteiger partial charge in [0.2, 0.25) is 0 Å². The van der Waals surface area contributed by atoms with Crippen molar-refractivity contribution in [2.24, 2.45) is 0 Å². The lowest BCUT2D eigenvalue weighted by Crippen LogP contribution is -2.24. The molecule has 1 aliphatic carbocycles. The molecule has 0 N–H and O–H groups in total. The third-order valence-electron chi connectivity index (χ3n) is 1.98. The second-order valence-corrected chi connectivity index (χ2v) is 9.05. The van der Waals surface area contributed by atoms with E-state index in [1.54, 1.807) is 5.20 Å². The van der Waals surface area contributed by atoms with Crippen molar-refractivity contribution >= 4 is 8.07 Å². The Labute approximate surface area is 64.7 Å². The Bertz CT molecular complexity index is 170. The van der Waals surface area contributed by atoms with Gasteiger partial charge >= 0.3 is 0 Å². The highest BCUT2D eigenvalue weighted by molar-refractivity contribution is 6.83. The largest absolute Gasteiger partial charge is 0.0842 e. The van der Waals surface area contributed by atoms with Crippen molar-refractivity contribution in [1.82, 2.24) is 0 Å². The van der Waals surface area contributed by atoms with Gasteiger partial charge in [-0.1, -0.05) is 43.1 Å². The molecule has 0 saturated heterocycles. The van der Waals surface area contributed by atoms with Crippen LogP contribution in [-0.2, 0) is 0 Å². The van der Waals surface area contributed by atoms with Crippen LogP contribution >= 0.6 is 0 Å². The molecule has 1 aliphatic rings. The Balaban J connectivity index is 2.72. The molecule has 0 nitrogen and oxygen atoms in total. The van der Waals surface area contributed by atoms with E-state index in [2.05, 4.69) is 37.9 Å². The summed E-state index contributed by atoms with van der Waals surface area (Å²) in [5.41, 5.74) is 0. The van der Waals surface area contributed by atoms with E-state index in [0.717, 1.165) is 0 Å². The first kappa shape index (κ1) is 7.80. The predicted molar refractivity (Wildman–Crippen MR) is 49.8 cm³/mol. The van der Waals surface area contributed by atoms with Crippen LogP contribution in [0.5, 0.6) is 0 Å². The Morgan fingerprint density at radius 1 is 1.30 bits per heavy atom. The van der Waals surface area contributed by atoms with Crippen molar-refractivity contribution in [2.45, 2.75) is 32.5 Å². The van der Waals surface area contributed by atoms with Gasteiger partial charge in [-0.15, -0.1) is 0 Å². The first-order valence-corrected chi connectivity index (χ1v) is 7.47. The molecule has 0 spiro atoms. The lowest BCUT2D eigenvalue weighted by atomic mass is 10.2. The highest BCUT2D eigenvalue weighted by Gasteiger charge is 2.18. The second-order valence-electron chi connectivity index (χ2n) is 3.91. The van der Waals surface area contributed by atoms with Gasteiger partial charge in [-0.05, 0) is 12.8 Å². The molecule has 0 aromatic rings. The summed E-state index contributed by atoms with van der Waals surface area (Å²) in [6, 6.07) is 0. The maximum atomic E-state index is 2.41. The van der Waals surface area contributed by atoms with Crippen molar-refractivity contribution in [3.05, 3.63) is 23.4 Å². The molecule has 0 atom stereocenters. The molecule has 0 aliphatic heterocycles. The summed E-state index contributed by atoms with van der Waals surface area (Å²) >= 11 is 0. The van der Waals surface area contributed by atoms with Gasteiger partial charge < -0.3 is 0 Å². The van der Waals surface area contributed by atoms with E-state index in [4.69, 9.17) is 0 Å². The number of hydrogen-bond donors (Lipinski definition) is 0. The smallest absolute Gasteiger partial charge is 0.0724 e. The molecule has 0 saturated carbocycles. The first-order chi connectivity index (χ1) is 4.61. The van der Waals surface area contributed by atoms with Gasteiger partial charge in [0.1, 0.15) is 0 Å². The molecule has 0 radical (unpaired) electrons. The van der Waals surface area contributed by atoms with Crippen LogP contribution in [0.1, 0.15) is 12.8 Å². The molecular formula is C9H16Si. The third kappa shape index (κ3) is 1.84. The number of allylic oxidation sites excluding steroid dienone is 4. The highest BCUT2D eigenvalue weighted by Crippen LogP contribution is 2.22. The molecule has 0 bridgehead atoms. The fourth-order valence-electron chi connectivity index (χ4n) is 1.23. The maximum Gasteiger partial charge on any atom is 0.0724 e. The molecule has 0 heterocycles. The summed E-state index contributed by atoms with van der Waals surface area (Å²) in [7, 11) is -0.947. The van der Waals surface area contributed by atoms with Gasteiger partial charge in [0.15, 0.2) is 0 Å². The molecule has 1 rings (SSSR count). The topological polar surface area (TPSA) is 0 Å². The van der Waals surface area contributed by atoms with Crippen LogP contribution in [0.4, 0.5) is 0 Å². The Morgan fingerprint density at radius 2 is 2.00 bits per heavy atom. The summed E-state index contributed by atoms with van der Waals surface area (Å²) < 4.78 is 0. The normalized spacial score (nSPS) is 18.9. The van der Waals surface area contributed by atoms with Gasteiger partial charge in [-0.2, -0.15) is 0 Å². The minimum absolute atomic E-state index is 0.947. The monoisotopic (exact) mass is 152 g/mol. The van der Waals surface area contributed by atoms with Crippen molar-refractivity contribution in [2.75, 3.05) is 0 Å². The highest BCUT2D eigenvalue weighted by atomic mass is 28.3. The lowest BCUT2D eigenvalue weighted by molar-refractivity contribution is 1.00. The molecule has 1 heteroatoms. The van der Waals surface area contributed by atoms with E-state index in [1.807, 2.05) is 0 Å². The van der Waals surface area contributed by atoms with Gasteiger partial charge in [0, 0.05) is 0 Å². The van der Waals surface area contributed by atoms with E-state index in [0.29, 0.717) is 0 Å². The van der Waals surface area contributed by atoms with Crippen molar-refractivity contribution < 1.29 is 0 Å². The molecule has 0 aromatic carbocycles. The van der Waals surface area contributed by atoms with E-state index < -0.39 is 8.07 Å². The Kier molecular flexibility index (Phi) is 2.14. The zero-order valence-corrected chi connectivity index (χ0v) is 8.15. The lowest BCUT2D eigenvalue weighted by Gasteiger charge is -2.21. The van der Waals surface area contributed by atoms with Crippen LogP contribution < -0.4 is 0 Å². The van der Waals surface area contributed by atoms with Crippen molar-refractivity contribution in [3.63, 3.8) is 0 Å². The summed E-state index contributed by atoms with van der Waals surface area (Å²) in [5.74, 6) is 0. The van der Waals surface area contributed by atoms with Crippen LogP contribution in [0.25, 0.3) is 0 Å². The SMILES string of the molecule is C[Si](C)(C)C1=CC=CCC1. The molecular weight excluding hydrogens is 136 g/mol. The Morgan fingerprint density at radius 3 is 2.30 bits per heavy atom. The minimum atomic E-state index is -0.947. The van der Waals surface area contributed by atoms with Crippen LogP contribution in [0.3, 0.4) is 0 Å². The quantitative estimate of drug-likeness (QED) is 0.506. The van der Waals surface area contributed by atoms with Crippen molar-refractivity contribution in [1.29, 1.82) is 0 Å². The van der Waals surface area contributed by atoms with Crippen molar-refractivity contribution in [3.8, 4) is 0 Å². The van der Waals surface area contributed by atoms with E-state index >= 15 is 0 Å². The molecule has 0 unspecified atom stereocenters. The van der Waals surface area contributed by atoms with Gasteiger partial charge in [0.05, 0.1) is 8.07 Å². The minimum Gasteiger partial charge on any atom is -0.0842 e. The first-order valence-electron chi connectivity index (χ1n) is 3.97. The summed E-state index contributed by atoms with van der Waals surface area (Å²) in [5, 5.41) is 1.72. The maximum absolute atomic E-state index is 2.41. The molecule has 0 aromatic heterocycles. The second kappa shape index (κ2) is 2.75. The molecule has 56 valence electrons. The van der Waals surface area contributed by atoms with Crippen LogP contribution in [0, 0.1) is 0 Å². The van der Waals surface area contributed by atoms with Gasteiger partial charge in [-0.25, -0.2) is 0 Å². The van der Waals surface area contributed by atoms with Crippen LogP contribution in [-0.4, -0.2) is 8.07 Å². The average Bonchev–Trinajstić information content (AvgIpc) is 1.88. The van der Waals surface area contributed by atoms with Gasteiger partial charge in [0.25, 0.3) is 0 Å². The molecule has 0 amide bonds. The van der Waals surface area contributed by atoms with Crippen LogP contribution in [0.2, 0.25) is 19.6 Å². The van der Waals surface area contributed by atoms with Crippen LogP contribution in [0.15, 0.2) is 23.4 Å². The average molecular weight is 152 g/mol. The fraction of sp³-hybridized carbons (Fsp3) is 0.556. The summed E-state index contributed by atoms with van der Waals surface area (Å²) in [6.07, 6.45) is 9.35. The molecule has 0 fully saturated rings. The van der Waals surface area contributed by atoms with E-state index in [-0.39, 0.29) is 0 Å². The molecule has 10 heavy (non-hydrogen) atoms. The summed E-state index contributed by atoms with van der Waals surface area (Å²) in [4.78, 5) is 0. The number of rotatable bonds is 1. The van der Waals surface area contributed by atoms with E-state index in [1.165, 1.54) is 12.8 Å². The van der Waals surface area contributed by atoms with Gasteiger partial charge in [-0.3, -0.25) is 0 Å². The summed E-state index contributed by atoms with van der Waals surface area (Å²) in [6.45, 7) is 7.24. The standard InChI is InChI=1S/C9H16Si/c1-10(2,3)9-7-5-4-6-8-9/h4-5,7H,6,8H2,1-3H3. The zero-order valence-electron chi connectivity index (χ0n) is 7.15. The fourth-order valence-corrected chi connectivity index (χ4v) is 2.72. The Hall–Kier alpha value is -0.303.